The molecular formula is C28H31ClFN3O3S. The highest BCUT2D eigenvalue weighted by molar-refractivity contribution is 7.97. The van der Waals surface area contributed by atoms with Crippen LogP contribution in [0.1, 0.15) is 10.5 Å². The summed E-state index contributed by atoms with van der Waals surface area (Å²) in [4.78, 5) is 15.7. The number of halogens is 2. The van der Waals surface area contributed by atoms with Gasteiger partial charge in [-0.25, -0.2) is 8.70 Å². The molecule has 0 spiro atoms. The summed E-state index contributed by atoms with van der Waals surface area (Å²) in [5.74, 6) is 0.487. The van der Waals surface area contributed by atoms with E-state index in [9.17, 15) is 9.18 Å². The minimum atomic E-state index is -0.254. The second-order valence-electron chi connectivity index (χ2n) is 7.85. The maximum Gasteiger partial charge on any atom is 0.167 e. The molecule has 1 saturated heterocycles. The van der Waals surface area contributed by atoms with Gasteiger partial charge < -0.3 is 20.2 Å². The van der Waals surface area contributed by atoms with Crippen LogP contribution in [0.2, 0.25) is 0 Å². The Morgan fingerprint density at radius 2 is 1.86 bits per heavy atom. The van der Waals surface area contributed by atoms with Crippen LogP contribution in [0.5, 0.6) is 5.75 Å². The number of nitrogens with one attached hydrogen (secondary N) is 1. The zero-order valence-corrected chi connectivity index (χ0v) is 22.4. The van der Waals surface area contributed by atoms with Crippen molar-refractivity contribution >= 4 is 40.7 Å². The molecule has 0 radical (unpaired) electrons. The van der Waals surface area contributed by atoms with Crippen LogP contribution in [0.4, 0.5) is 4.39 Å². The number of hydrogen-bond donors (Lipinski definition) is 2. The molecule has 0 saturated carbocycles. The normalized spacial score (nSPS) is 15.2. The summed E-state index contributed by atoms with van der Waals surface area (Å²) in [7, 11) is 1.50. The molecule has 37 heavy (non-hydrogen) atoms. The predicted molar refractivity (Wildman–Crippen MR) is 150 cm³/mol. The van der Waals surface area contributed by atoms with Crippen molar-refractivity contribution in [3.05, 3.63) is 84.3 Å². The predicted octanol–water partition coefficient (Wildman–Crippen LogP) is 6.00. The zero-order valence-electron chi connectivity index (χ0n) is 20.8. The van der Waals surface area contributed by atoms with Gasteiger partial charge in [0, 0.05) is 30.4 Å². The third-order valence-electron chi connectivity index (χ3n) is 5.57. The Morgan fingerprint density at radius 1 is 1.11 bits per heavy atom. The molecular weight excluding hydrogens is 513 g/mol. The Hall–Kier alpha value is -2.88. The molecule has 3 aromatic carbocycles. The first-order valence-electron chi connectivity index (χ1n) is 11.7. The van der Waals surface area contributed by atoms with Crippen LogP contribution in [0, 0.1) is 5.82 Å². The van der Waals surface area contributed by atoms with Gasteiger partial charge in [0.05, 0.1) is 17.2 Å². The Balaban J connectivity index is 0.000000907. The Kier molecular flexibility index (Phi) is 11.4. The number of alkyl halides is 1. The summed E-state index contributed by atoms with van der Waals surface area (Å²) in [6, 6.07) is 22.1. The maximum atomic E-state index is 13.2. The number of nitrogens with zero attached hydrogens (tertiary/aromatic N) is 1. The summed E-state index contributed by atoms with van der Waals surface area (Å²) >= 11 is 6.22. The summed E-state index contributed by atoms with van der Waals surface area (Å²) in [6.07, 6.45) is 2.25. The number of aromatic amines is 1. The standard InChI is InChI=1S/C26H23FN2O3S.CH3Cl.CH5N/c27-20-10-8-18(9-11-20)19-4-3-5-21(14-19)32-17-22-15-29(12-13-31-22)33-26-23-6-1-2-7-24(23)28-25(26)16-30;2*1-2/h1-11,14,16,22,28H,12-13,15,17H2;1H3;2H2,1H3. The average Bonchev–Trinajstić information content (AvgIpc) is 3.32. The lowest BCUT2D eigenvalue weighted by Crippen LogP contribution is -2.41. The molecule has 1 aliphatic rings. The van der Waals surface area contributed by atoms with Crippen molar-refractivity contribution in [1.82, 2.24) is 9.29 Å². The van der Waals surface area contributed by atoms with Crippen molar-refractivity contribution in [2.45, 2.75) is 11.0 Å². The minimum Gasteiger partial charge on any atom is -0.491 e. The molecule has 0 aliphatic carbocycles. The van der Waals surface area contributed by atoms with Gasteiger partial charge >= 0.3 is 0 Å². The third-order valence-corrected chi connectivity index (χ3v) is 6.79. The summed E-state index contributed by atoms with van der Waals surface area (Å²) in [5, 5.41) is 1.04. The lowest BCUT2D eigenvalue weighted by molar-refractivity contribution is -0.0224. The summed E-state index contributed by atoms with van der Waals surface area (Å²) in [5.41, 5.74) is 7.95. The van der Waals surface area contributed by atoms with Crippen molar-refractivity contribution in [2.75, 3.05) is 39.7 Å². The molecule has 1 unspecified atom stereocenters. The van der Waals surface area contributed by atoms with Crippen LogP contribution in [0.15, 0.2) is 77.7 Å². The molecule has 1 fully saturated rings. The average molecular weight is 544 g/mol. The summed E-state index contributed by atoms with van der Waals surface area (Å²) in [6.45, 7) is 2.45. The summed E-state index contributed by atoms with van der Waals surface area (Å²) < 4.78 is 27.4. The first-order valence-corrected chi connectivity index (χ1v) is 13.3. The van der Waals surface area contributed by atoms with Gasteiger partial charge in [-0.05, 0) is 60.5 Å². The number of H-pyrrole nitrogens is 1. The van der Waals surface area contributed by atoms with Crippen LogP contribution < -0.4 is 10.5 Å². The smallest absolute Gasteiger partial charge is 0.167 e. The zero-order chi connectivity index (χ0) is 26.6. The number of nitrogens with two attached hydrogens (primary N) is 1. The Morgan fingerprint density at radius 3 is 2.62 bits per heavy atom. The fourth-order valence-electron chi connectivity index (χ4n) is 3.92. The molecule has 2 heterocycles. The lowest BCUT2D eigenvalue weighted by Gasteiger charge is -2.31. The van der Waals surface area contributed by atoms with E-state index >= 15 is 0 Å². The van der Waals surface area contributed by atoms with Crippen LogP contribution >= 0.6 is 23.5 Å². The number of rotatable bonds is 7. The monoisotopic (exact) mass is 543 g/mol. The fourth-order valence-corrected chi connectivity index (χ4v) is 5.06. The first-order chi connectivity index (χ1) is 18.2. The molecule has 1 atom stereocenters. The number of aldehydes is 1. The number of hydrogen-bond acceptors (Lipinski definition) is 6. The molecule has 4 aromatic rings. The number of morpholine rings is 1. The fraction of sp³-hybridized carbons (Fsp3) is 0.250. The number of carbonyl (C=O) groups excluding carboxylic acids is 1. The van der Waals surface area contributed by atoms with Gasteiger partial charge in [0.15, 0.2) is 6.29 Å². The van der Waals surface area contributed by atoms with Crippen LogP contribution in [0.3, 0.4) is 0 Å². The van der Waals surface area contributed by atoms with Gasteiger partial charge in [0.1, 0.15) is 24.3 Å². The van der Waals surface area contributed by atoms with Gasteiger partial charge in [-0.15, -0.1) is 11.6 Å². The lowest BCUT2D eigenvalue weighted by atomic mass is 10.1. The van der Waals surface area contributed by atoms with Crippen molar-refractivity contribution in [1.29, 1.82) is 0 Å². The molecule has 1 aliphatic heterocycles. The topological polar surface area (TPSA) is 80.6 Å². The molecule has 6 nitrogen and oxygen atoms in total. The van der Waals surface area contributed by atoms with Crippen molar-refractivity contribution in [3.8, 4) is 16.9 Å². The highest BCUT2D eigenvalue weighted by Crippen LogP contribution is 2.34. The van der Waals surface area contributed by atoms with E-state index in [1.165, 1.54) is 25.6 Å². The molecule has 0 amide bonds. The minimum absolute atomic E-state index is 0.0920. The van der Waals surface area contributed by atoms with Gasteiger partial charge in [-0.3, -0.25) is 4.79 Å². The Bertz CT molecular complexity index is 1270. The first kappa shape index (κ1) is 28.7. The van der Waals surface area contributed by atoms with E-state index in [2.05, 4.69) is 26.6 Å². The Labute approximate surface area is 226 Å². The van der Waals surface area contributed by atoms with E-state index in [-0.39, 0.29) is 11.9 Å². The van der Waals surface area contributed by atoms with Crippen LogP contribution in [-0.2, 0) is 4.74 Å². The second kappa shape index (κ2) is 14.8. The van der Waals surface area contributed by atoms with Crippen LogP contribution in [0.25, 0.3) is 22.0 Å². The van der Waals surface area contributed by atoms with E-state index in [0.29, 0.717) is 25.5 Å². The van der Waals surface area contributed by atoms with Crippen molar-refractivity contribution in [2.24, 2.45) is 5.73 Å². The van der Waals surface area contributed by atoms with Crippen molar-refractivity contribution in [3.63, 3.8) is 0 Å². The van der Waals surface area contributed by atoms with Gasteiger partial charge in [0.2, 0.25) is 0 Å². The van der Waals surface area contributed by atoms with E-state index in [1.54, 1.807) is 24.1 Å². The van der Waals surface area contributed by atoms with E-state index < -0.39 is 0 Å². The number of fused-ring (bicyclic) bond motifs is 1. The number of para-hydroxylation sites is 1. The number of ether oxygens (including phenoxy) is 2. The molecule has 9 heteroatoms. The van der Waals surface area contributed by atoms with Crippen LogP contribution in [-0.4, -0.2) is 61.4 Å². The second-order valence-corrected chi connectivity index (χ2v) is 8.96. The molecule has 1 aromatic heterocycles. The molecule has 0 bridgehead atoms. The molecule has 196 valence electrons. The van der Waals surface area contributed by atoms with E-state index in [4.69, 9.17) is 9.47 Å². The largest absolute Gasteiger partial charge is 0.491 e. The van der Waals surface area contributed by atoms with Gasteiger partial charge in [-0.1, -0.05) is 42.5 Å². The quantitative estimate of drug-likeness (QED) is 0.169. The van der Waals surface area contributed by atoms with E-state index in [0.717, 1.165) is 45.5 Å². The molecule has 3 N–H and O–H groups in total. The highest BCUT2D eigenvalue weighted by Gasteiger charge is 2.24. The molecule has 5 rings (SSSR count). The van der Waals surface area contributed by atoms with E-state index in [1.807, 2.05) is 48.5 Å². The van der Waals surface area contributed by atoms with Gasteiger partial charge in [0.25, 0.3) is 0 Å². The number of aromatic nitrogens is 1. The SMILES string of the molecule is CCl.CN.O=Cc1[nH]c2ccccc2c1SN1CCOC(COc2cccc(-c3ccc(F)cc3)c2)C1. The maximum absolute atomic E-state index is 13.2. The third kappa shape index (κ3) is 7.56. The van der Waals surface area contributed by atoms with Gasteiger partial charge in [-0.2, -0.15) is 0 Å². The van der Waals surface area contributed by atoms with Crippen molar-refractivity contribution < 1.29 is 18.7 Å². The highest BCUT2D eigenvalue weighted by atomic mass is 35.5. The number of carbonyl (C=O) groups is 1. The number of benzene rings is 3.